The van der Waals surface area contributed by atoms with Crippen LogP contribution >= 0.6 is 11.6 Å². The van der Waals surface area contributed by atoms with Crippen molar-refractivity contribution in [1.29, 1.82) is 0 Å². The summed E-state index contributed by atoms with van der Waals surface area (Å²) in [6, 6.07) is 9.32. The molecule has 2 aliphatic heterocycles. The quantitative estimate of drug-likeness (QED) is 0.593. The molecular weight excluding hydrogens is 441 g/mol. The largest absolute Gasteiger partial charge is 0.410 e. The molecule has 3 amide bonds. The first-order valence-corrected chi connectivity index (χ1v) is 10.4. The molecule has 1 unspecified atom stereocenters. The van der Waals surface area contributed by atoms with E-state index in [1.54, 1.807) is 12.1 Å². The third-order valence-electron chi connectivity index (χ3n) is 5.40. The lowest BCUT2D eigenvalue weighted by atomic mass is 10.0. The summed E-state index contributed by atoms with van der Waals surface area (Å²) in [6.45, 7) is 0.348. The molecule has 32 heavy (non-hydrogen) atoms. The van der Waals surface area contributed by atoms with Gasteiger partial charge in [-0.2, -0.15) is 0 Å². The predicted molar refractivity (Wildman–Crippen MR) is 113 cm³/mol. The fraction of sp³-hybridized carbons (Fsp3) is 0.318. The lowest BCUT2D eigenvalue weighted by Gasteiger charge is -2.23. The Balaban J connectivity index is 1.34. The molecule has 0 bridgehead atoms. The third-order valence-corrected chi connectivity index (χ3v) is 5.62. The zero-order valence-electron chi connectivity index (χ0n) is 17.0. The fourth-order valence-electron chi connectivity index (χ4n) is 3.82. The molecule has 0 saturated carbocycles. The number of carbonyl (C=O) groups is 3. The Morgan fingerprint density at radius 3 is 2.81 bits per heavy atom. The second-order valence-electron chi connectivity index (χ2n) is 7.82. The number of likely N-dealkylation sites (tertiary alicyclic amines) is 1. The van der Waals surface area contributed by atoms with Crippen molar-refractivity contribution in [1.82, 2.24) is 10.2 Å². The third kappa shape index (κ3) is 4.84. The van der Waals surface area contributed by atoms with Crippen LogP contribution in [-0.4, -0.2) is 40.2 Å². The van der Waals surface area contributed by atoms with E-state index < -0.39 is 23.6 Å². The molecule has 1 saturated heterocycles. The van der Waals surface area contributed by atoms with Gasteiger partial charge >= 0.3 is 6.09 Å². The average molecular weight is 462 g/mol. The van der Waals surface area contributed by atoms with E-state index >= 15 is 0 Å². The van der Waals surface area contributed by atoms with Crippen molar-refractivity contribution in [3.8, 4) is 0 Å². The number of fused-ring (bicyclic) bond motifs is 1. The summed E-state index contributed by atoms with van der Waals surface area (Å²) in [7, 11) is 0. The number of nitrogens with zero attached hydrogens (tertiary/aromatic N) is 1. The standard InChI is InChI=1S/C22H21ClFN3O5/c23-16-8-14(9-17(24)10-16)11-25-21(30)32-22(31)5-6-27(20(22)29)12-13-1-3-18-15(7-13)2-4-19(28)26-18/h1,3,7-10,31H,2,4-6,11-12H2,(H,25,30)(H,26,28). The smallest absolute Gasteiger partial charge is 0.407 e. The highest BCUT2D eigenvalue weighted by atomic mass is 35.5. The maximum absolute atomic E-state index is 13.4. The van der Waals surface area contributed by atoms with Gasteiger partial charge in [-0.05, 0) is 47.4 Å². The highest BCUT2D eigenvalue weighted by molar-refractivity contribution is 6.30. The Bertz CT molecular complexity index is 1070. The highest BCUT2D eigenvalue weighted by Gasteiger charge is 2.49. The minimum absolute atomic E-state index is 0.0269. The van der Waals surface area contributed by atoms with Gasteiger partial charge < -0.3 is 25.4 Å². The van der Waals surface area contributed by atoms with Crippen LogP contribution < -0.4 is 10.6 Å². The number of hydrogen-bond donors (Lipinski definition) is 3. The molecule has 1 atom stereocenters. The minimum Gasteiger partial charge on any atom is -0.407 e. The number of aryl methyl sites for hydroxylation is 1. The summed E-state index contributed by atoms with van der Waals surface area (Å²) in [6.07, 6.45) is -0.0600. The van der Waals surface area contributed by atoms with Crippen LogP contribution in [-0.2, 0) is 33.8 Å². The van der Waals surface area contributed by atoms with Gasteiger partial charge in [0, 0.05) is 43.2 Å². The number of carbonyl (C=O) groups excluding carboxylic acids is 3. The van der Waals surface area contributed by atoms with E-state index in [1.807, 2.05) is 6.07 Å². The van der Waals surface area contributed by atoms with E-state index in [9.17, 15) is 23.9 Å². The Hall–Kier alpha value is -3.17. The predicted octanol–water partition coefficient (Wildman–Crippen LogP) is 2.71. The fourth-order valence-corrected chi connectivity index (χ4v) is 4.06. The molecule has 4 rings (SSSR count). The minimum atomic E-state index is -2.27. The zero-order chi connectivity index (χ0) is 22.9. The maximum Gasteiger partial charge on any atom is 0.410 e. The van der Waals surface area contributed by atoms with Crippen molar-refractivity contribution in [3.63, 3.8) is 0 Å². The maximum atomic E-state index is 13.4. The molecule has 1 fully saturated rings. The van der Waals surface area contributed by atoms with Crippen LogP contribution in [0.4, 0.5) is 14.9 Å². The summed E-state index contributed by atoms with van der Waals surface area (Å²) in [5.41, 5.74) is 2.98. The number of benzene rings is 2. The van der Waals surface area contributed by atoms with Crippen LogP contribution in [0.2, 0.25) is 5.02 Å². The number of rotatable bonds is 5. The molecule has 10 heteroatoms. The van der Waals surface area contributed by atoms with Crippen LogP contribution in [0.15, 0.2) is 36.4 Å². The average Bonchev–Trinajstić information content (AvgIpc) is 3.00. The van der Waals surface area contributed by atoms with Crippen molar-refractivity contribution in [2.45, 2.75) is 38.1 Å². The molecule has 168 valence electrons. The van der Waals surface area contributed by atoms with Gasteiger partial charge in [-0.3, -0.25) is 9.59 Å². The van der Waals surface area contributed by atoms with E-state index in [2.05, 4.69) is 10.6 Å². The Labute approximate surface area is 188 Å². The van der Waals surface area contributed by atoms with Gasteiger partial charge in [0.1, 0.15) is 5.82 Å². The van der Waals surface area contributed by atoms with Crippen molar-refractivity contribution >= 4 is 35.2 Å². The summed E-state index contributed by atoms with van der Waals surface area (Å²) in [5, 5.41) is 15.9. The molecular formula is C22H21ClFN3O5. The lowest BCUT2D eigenvalue weighted by molar-refractivity contribution is -0.182. The number of ether oxygens (including phenoxy) is 1. The SMILES string of the molecule is O=C1CCc2cc(CN3CCC(O)(OC(=O)NCc4cc(F)cc(Cl)c4)C3=O)ccc2N1. The topological polar surface area (TPSA) is 108 Å². The molecule has 0 aromatic heterocycles. The molecule has 0 radical (unpaired) electrons. The van der Waals surface area contributed by atoms with Gasteiger partial charge in [-0.1, -0.05) is 23.7 Å². The van der Waals surface area contributed by atoms with Crippen LogP contribution in [0.5, 0.6) is 0 Å². The van der Waals surface area contributed by atoms with E-state index in [4.69, 9.17) is 16.3 Å². The van der Waals surface area contributed by atoms with Crippen LogP contribution in [0.1, 0.15) is 29.5 Å². The lowest BCUT2D eigenvalue weighted by Crippen LogP contribution is -2.45. The summed E-state index contributed by atoms with van der Waals surface area (Å²) < 4.78 is 18.4. The van der Waals surface area contributed by atoms with E-state index in [-0.39, 0.29) is 37.0 Å². The number of halogens is 2. The molecule has 8 nitrogen and oxygen atoms in total. The second-order valence-corrected chi connectivity index (χ2v) is 8.26. The molecule has 0 spiro atoms. The first kappa shape index (κ1) is 22.0. The normalized spacial score (nSPS) is 20.0. The molecule has 2 aliphatic rings. The van der Waals surface area contributed by atoms with Gasteiger partial charge in [0.05, 0.1) is 0 Å². The number of alkyl carbamates (subject to hydrolysis) is 1. The van der Waals surface area contributed by atoms with Gasteiger partial charge in [0.25, 0.3) is 11.7 Å². The van der Waals surface area contributed by atoms with Crippen molar-refractivity contribution in [2.24, 2.45) is 0 Å². The van der Waals surface area contributed by atoms with Gasteiger partial charge in [-0.25, -0.2) is 9.18 Å². The van der Waals surface area contributed by atoms with Crippen LogP contribution in [0.3, 0.4) is 0 Å². The number of aliphatic hydroxyl groups is 1. The Morgan fingerprint density at radius 2 is 2.03 bits per heavy atom. The van der Waals surface area contributed by atoms with E-state index in [1.165, 1.54) is 17.0 Å². The zero-order valence-corrected chi connectivity index (χ0v) is 17.7. The van der Waals surface area contributed by atoms with E-state index in [0.717, 1.165) is 22.9 Å². The van der Waals surface area contributed by atoms with Crippen molar-refractivity contribution in [3.05, 3.63) is 63.9 Å². The molecule has 2 aromatic carbocycles. The number of amides is 3. The first-order chi connectivity index (χ1) is 15.2. The van der Waals surface area contributed by atoms with Crippen LogP contribution in [0, 0.1) is 5.82 Å². The number of hydrogen-bond acceptors (Lipinski definition) is 5. The molecule has 2 heterocycles. The molecule has 2 aromatic rings. The van der Waals surface area contributed by atoms with Gasteiger partial charge in [-0.15, -0.1) is 0 Å². The van der Waals surface area contributed by atoms with Crippen LogP contribution in [0.25, 0.3) is 0 Å². The van der Waals surface area contributed by atoms with Crippen molar-refractivity contribution < 1.29 is 28.6 Å². The van der Waals surface area contributed by atoms with Gasteiger partial charge in [0.15, 0.2) is 0 Å². The number of anilines is 1. The Kier molecular flexibility index (Phi) is 6.03. The molecule has 3 N–H and O–H groups in total. The Morgan fingerprint density at radius 1 is 1.22 bits per heavy atom. The summed E-state index contributed by atoms with van der Waals surface area (Å²) in [5.74, 6) is -3.56. The first-order valence-electron chi connectivity index (χ1n) is 10.1. The van der Waals surface area contributed by atoms with Gasteiger partial charge in [0.2, 0.25) is 5.91 Å². The second kappa shape index (κ2) is 8.76. The molecule has 0 aliphatic carbocycles. The van der Waals surface area contributed by atoms with Crippen molar-refractivity contribution in [2.75, 3.05) is 11.9 Å². The summed E-state index contributed by atoms with van der Waals surface area (Å²) >= 11 is 5.78. The highest BCUT2D eigenvalue weighted by Crippen LogP contribution is 2.28. The monoisotopic (exact) mass is 461 g/mol. The number of nitrogens with one attached hydrogen (secondary N) is 2. The summed E-state index contributed by atoms with van der Waals surface area (Å²) in [4.78, 5) is 37.7. The van der Waals surface area contributed by atoms with E-state index in [0.29, 0.717) is 18.4 Å².